The average molecular weight is 343 g/mol. The molecule has 1 aliphatic carbocycles. The highest BCUT2D eigenvalue weighted by atomic mass is 35.5. The summed E-state index contributed by atoms with van der Waals surface area (Å²) in [6.07, 6.45) is -2.32. The van der Waals surface area contributed by atoms with Gasteiger partial charge in [-0.25, -0.2) is 4.98 Å². The predicted molar refractivity (Wildman–Crippen MR) is 83.2 cm³/mol. The number of anilines is 3. The van der Waals surface area contributed by atoms with Crippen LogP contribution in [0.2, 0.25) is 5.02 Å². The largest absolute Gasteiger partial charge is 0.417 e. The molecule has 0 aliphatic heterocycles. The lowest BCUT2D eigenvalue weighted by atomic mass is 10.2. The van der Waals surface area contributed by atoms with Crippen LogP contribution in [0.1, 0.15) is 24.1 Å². The van der Waals surface area contributed by atoms with Crippen LogP contribution in [0.4, 0.5) is 30.6 Å². The molecular weight excluding hydrogens is 329 g/mol. The van der Waals surface area contributed by atoms with E-state index < -0.39 is 11.7 Å². The Morgan fingerprint density at radius 1 is 1.17 bits per heavy atom. The number of hydrogen-bond acceptors (Lipinski definition) is 4. The molecule has 122 valence electrons. The topological polar surface area (TPSA) is 49.8 Å². The zero-order chi connectivity index (χ0) is 16.6. The molecule has 1 aliphatic rings. The van der Waals surface area contributed by atoms with E-state index in [9.17, 15) is 13.2 Å². The highest BCUT2D eigenvalue weighted by Gasteiger charge is 2.33. The Morgan fingerprint density at radius 3 is 2.57 bits per heavy atom. The number of aromatic nitrogens is 2. The zero-order valence-corrected chi connectivity index (χ0v) is 13.0. The molecule has 8 heteroatoms. The normalized spacial score (nSPS) is 14.7. The summed E-state index contributed by atoms with van der Waals surface area (Å²) in [5.41, 5.74) is 0.0495. The van der Waals surface area contributed by atoms with Gasteiger partial charge >= 0.3 is 6.18 Å². The Kier molecular flexibility index (Phi) is 4.06. The highest BCUT2D eigenvalue weighted by Crippen LogP contribution is 2.36. The van der Waals surface area contributed by atoms with Crippen molar-refractivity contribution in [2.75, 3.05) is 10.6 Å². The summed E-state index contributed by atoms with van der Waals surface area (Å²) in [6, 6.07) is 5.82. The van der Waals surface area contributed by atoms with Crippen molar-refractivity contribution >= 4 is 29.1 Å². The van der Waals surface area contributed by atoms with E-state index in [0.29, 0.717) is 11.9 Å². The molecular formula is C15H14ClF3N4. The van der Waals surface area contributed by atoms with E-state index in [0.717, 1.165) is 24.6 Å². The molecule has 4 nitrogen and oxygen atoms in total. The van der Waals surface area contributed by atoms with Gasteiger partial charge in [0.1, 0.15) is 5.82 Å². The van der Waals surface area contributed by atoms with Crippen molar-refractivity contribution < 1.29 is 13.2 Å². The van der Waals surface area contributed by atoms with Gasteiger partial charge in [0.15, 0.2) is 0 Å². The molecule has 0 atom stereocenters. The minimum Gasteiger partial charge on any atom is -0.367 e. The summed E-state index contributed by atoms with van der Waals surface area (Å²) in [5, 5.41) is 5.69. The molecule has 0 radical (unpaired) electrons. The van der Waals surface area contributed by atoms with Gasteiger partial charge < -0.3 is 10.6 Å². The van der Waals surface area contributed by atoms with Crippen molar-refractivity contribution in [3.63, 3.8) is 0 Å². The third kappa shape index (κ3) is 4.04. The number of halogens is 4. The lowest BCUT2D eigenvalue weighted by Gasteiger charge is -2.13. The third-order valence-electron chi connectivity index (χ3n) is 3.31. The highest BCUT2D eigenvalue weighted by molar-refractivity contribution is 6.31. The van der Waals surface area contributed by atoms with Gasteiger partial charge in [0.05, 0.1) is 10.6 Å². The first-order valence-corrected chi connectivity index (χ1v) is 7.45. The molecule has 0 saturated heterocycles. The van der Waals surface area contributed by atoms with Gasteiger partial charge in [-0.3, -0.25) is 0 Å². The number of nitrogens with one attached hydrogen (secondary N) is 2. The summed E-state index contributed by atoms with van der Waals surface area (Å²) in [5.74, 6) is 0.899. The fourth-order valence-corrected chi connectivity index (χ4v) is 2.31. The van der Waals surface area contributed by atoms with E-state index in [2.05, 4.69) is 20.6 Å². The summed E-state index contributed by atoms with van der Waals surface area (Å²) < 4.78 is 38.7. The Hall–Kier alpha value is -2.02. The molecule has 0 bridgehead atoms. The molecule has 0 amide bonds. The molecule has 1 fully saturated rings. The van der Waals surface area contributed by atoms with Gasteiger partial charge in [-0.15, -0.1) is 0 Å². The number of benzene rings is 1. The molecule has 1 saturated carbocycles. The average Bonchev–Trinajstić information content (AvgIpc) is 3.23. The van der Waals surface area contributed by atoms with Gasteiger partial charge in [-0.05, 0) is 38.0 Å². The Bertz CT molecular complexity index is 729. The number of alkyl halides is 3. The molecule has 23 heavy (non-hydrogen) atoms. The first-order chi connectivity index (χ1) is 10.8. The van der Waals surface area contributed by atoms with Crippen LogP contribution in [0, 0.1) is 6.92 Å². The minimum absolute atomic E-state index is 0.227. The van der Waals surface area contributed by atoms with Crippen LogP contribution in [-0.2, 0) is 6.18 Å². The van der Waals surface area contributed by atoms with Gasteiger partial charge in [0, 0.05) is 23.5 Å². The van der Waals surface area contributed by atoms with Crippen LogP contribution in [0.3, 0.4) is 0 Å². The second-order valence-corrected chi connectivity index (χ2v) is 5.86. The maximum absolute atomic E-state index is 12.9. The van der Waals surface area contributed by atoms with Crippen LogP contribution in [0.5, 0.6) is 0 Å². The maximum Gasteiger partial charge on any atom is 0.417 e. The monoisotopic (exact) mass is 342 g/mol. The van der Waals surface area contributed by atoms with Gasteiger partial charge in [0.25, 0.3) is 0 Å². The van der Waals surface area contributed by atoms with Gasteiger partial charge in [0.2, 0.25) is 5.95 Å². The lowest BCUT2D eigenvalue weighted by molar-refractivity contribution is -0.137. The van der Waals surface area contributed by atoms with E-state index >= 15 is 0 Å². The molecule has 0 spiro atoms. The minimum atomic E-state index is -4.51. The van der Waals surface area contributed by atoms with E-state index in [1.165, 1.54) is 12.1 Å². The second-order valence-electron chi connectivity index (χ2n) is 5.45. The molecule has 2 N–H and O–H groups in total. The lowest BCUT2D eigenvalue weighted by Crippen LogP contribution is -2.08. The van der Waals surface area contributed by atoms with Crippen molar-refractivity contribution in [3.05, 3.63) is 40.5 Å². The first-order valence-electron chi connectivity index (χ1n) is 7.07. The van der Waals surface area contributed by atoms with Crippen LogP contribution in [0.15, 0.2) is 24.3 Å². The summed E-state index contributed by atoms with van der Waals surface area (Å²) in [4.78, 5) is 8.47. The second kappa shape index (κ2) is 5.88. The summed E-state index contributed by atoms with van der Waals surface area (Å²) >= 11 is 5.61. The fourth-order valence-electron chi connectivity index (χ4n) is 2.08. The summed E-state index contributed by atoms with van der Waals surface area (Å²) in [7, 11) is 0. The van der Waals surface area contributed by atoms with Crippen LogP contribution in [0.25, 0.3) is 0 Å². The van der Waals surface area contributed by atoms with Crippen molar-refractivity contribution in [3.8, 4) is 0 Å². The number of rotatable bonds is 4. The molecule has 1 aromatic heterocycles. The number of hydrogen-bond donors (Lipinski definition) is 2. The van der Waals surface area contributed by atoms with Crippen LogP contribution >= 0.6 is 11.6 Å². The van der Waals surface area contributed by atoms with E-state index in [-0.39, 0.29) is 16.7 Å². The van der Waals surface area contributed by atoms with Crippen molar-refractivity contribution in [2.24, 2.45) is 0 Å². The number of aryl methyl sites for hydroxylation is 1. The van der Waals surface area contributed by atoms with Gasteiger partial charge in [-0.1, -0.05) is 11.6 Å². The molecule has 1 aromatic carbocycles. The van der Waals surface area contributed by atoms with Crippen molar-refractivity contribution in [1.29, 1.82) is 0 Å². The molecule has 3 rings (SSSR count). The Balaban J connectivity index is 1.85. The predicted octanol–water partition coefficient (Wildman–Crippen LogP) is 4.78. The van der Waals surface area contributed by atoms with E-state index in [4.69, 9.17) is 11.6 Å². The van der Waals surface area contributed by atoms with E-state index in [1.54, 1.807) is 13.0 Å². The molecule has 2 aromatic rings. The molecule has 1 heterocycles. The first kappa shape index (κ1) is 15.9. The van der Waals surface area contributed by atoms with Crippen molar-refractivity contribution in [2.45, 2.75) is 32.0 Å². The maximum atomic E-state index is 12.9. The van der Waals surface area contributed by atoms with E-state index in [1.807, 2.05) is 0 Å². The van der Waals surface area contributed by atoms with Crippen LogP contribution in [-0.4, -0.2) is 16.0 Å². The van der Waals surface area contributed by atoms with Crippen molar-refractivity contribution in [1.82, 2.24) is 9.97 Å². The molecule has 0 unspecified atom stereocenters. The standard InChI is InChI=1S/C15H14ClF3N4/c1-8-6-13(21-9-2-3-9)23-14(20-8)22-10-4-5-12(16)11(7-10)15(17,18)19/h4-7,9H,2-3H2,1H3,(H2,20,21,22,23). The Morgan fingerprint density at radius 2 is 1.91 bits per heavy atom. The SMILES string of the molecule is Cc1cc(NC2CC2)nc(Nc2ccc(Cl)c(C(F)(F)F)c2)n1. The summed E-state index contributed by atoms with van der Waals surface area (Å²) in [6.45, 7) is 1.80. The quantitative estimate of drug-likeness (QED) is 0.840. The zero-order valence-electron chi connectivity index (χ0n) is 12.2. The third-order valence-corrected chi connectivity index (χ3v) is 3.64. The fraction of sp³-hybridized carbons (Fsp3) is 0.333. The smallest absolute Gasteiger partial charge is 0.367 e. The Labute approximate surface area is 136 Å². The van der Waals surface area contributed by atoms with Crippen LogP contribution < -0.4 is 10.6 Å². The number of nitrogens with zero attached hydrogens (tertiary/aromatic N) is 2. The van der Waals surface area contributed by atoms with Gasteiger partial charge in [-0.2, -0.15) is 18.2 Å².